The first-order valence-electron chi connectivity index (χ1n) is 11.0. The molecule has 2 aromatic carbocycles. The molecule has 2 atom stereocenters. The summed E-state index contributed by atoms with van der Waals surface area (Å²) in [5.74, 6) is 0.644. The summed E-state index contributed by atoms with van der Waals surface area (Å²) in [4.78, 5) is 35.4. The summed E-state index contributed by atoms with van der Waals surface area (Å²) in [6.07, 6.45) is 2.57. The van der Waals surface area contributed by atoms with Crippen molar-refractivity contribution in [1.82, 2.24) is 20.2 Å². The molecule has 9 heteroatoms. The van der Waals surface area contributed by atoms with Crippen molar-refractivity contribution in [1.29, 1.82) is 0 Å². The lowest BCUT2D eigenvalue weighted by Gasteiger charge is -2.36. The number of hydrogen-bond acceptors (Lipinski definition) is 6. The van der Waals surface area contributed by atoms with E-state index < -0.39 is 18.1 Å². The van der Waals surface area contributed by atoms with Crippen LogP contribution in [-0.2, 0) is 22.4 Å². The van der Waals surface area contributed by atoms with E-state index in [9.17, 15) is 9.59 Å². The fraction of sp³-hybridized carbons (Fsp3) is 0.320. The number of aromatic amines is 1. The van der Waals surface area contributed by atoms with Gasteiger partial charge in [0.2, 0.25) is 0 Å². The highest BCUT2D eigenvalue weighted by molar-refractivity contribution is 5.84. The number of carbonyl (C=O) groups excluding carboxylic acids is 2. The van der Waals surface area contributed by atoms with Crippen molar-refractivity contribution in [2.45, 2.75) is 24.9 Å². The summed E-state index contributed by atoms with van der Waals surface area (Å²) >= 11 is 0. The van der Waals surface area contributed by atoms with Gasteiger partial charge in [-0.25, -0.2) is 14.6 Å². The average Bonchev–Trinajstić information content (AvgIpc) is 3.36. The zero-order chi connectivity index (χ0) is 24.1. The number of ether oxygens (including phenoxy) is 3. The third kappa shape index (κ3) is 4.68. The van der Waals surface area contributed by atoms with Crippen LogP contribution < -0.4 is 14.8 Å². The van der Waals surface area contributed by atoms with E-state index in [1.807, 2.05) is 42.5 Å². The number of nitrogens with zero attached hydrogens (tertiary/aromatic N) is 2. The molecule has 0 aliphatic carbocycles. The van der Waals surface area contributed by atoms with Gasteiger partial charge >= 0.3 is 12.0 Å². The highest BCUT2D eigenvalue weighted by Crippen LogP contribution is 2.37. The second-order valence-electron chi connectivity index (χ2n) is 7.94. The Kier molecular flexibility index (Phi) is 7.01. The highest BCUT2D eigenvalue weighted by atomic mass is 16.5. The Hall–Kier alpha value is -4.01. The molecule has 4 rings (SSSR count). The Balaban J connectivity index is 1.64. The van der Waals surface area contributed by atoms with Gasteiger partial charge in [-0.2, -0.15) is 0 Å². The number of fused-ring (bicyclic) bond motifs is 1. The Morgan fingerprint density at radius 3 is 2.59 bits per heavy atom. The maximum Gasteiger partial charge on any atom is 0.328 e. The van der Waals surface area contributed by atoms with Crippen LogP contribution in [0.4, 0.5) is 4.79 Å². The molecule has 2 heterocycles. The maximum absolute atomic E-state index is 13.5. The van der Waals surface area contributed by atoms with Crippen molar-refractivity contribution in [3.63, 3.8) is 0 Å². The standard InChI is InChI=1S/C25H28N4O5/c1-32-20-10-9-17(14-21(20)33-2)23-22-18(26-15-27-22)11-12-29(23)25(31)28-19(24(30)34-3)13-16-7-5-4-6-8-16/h4-10,14-15,19,23H,11-13H2,1-3H3,(H,26,27)(H,28,31)/t19-,23+/m0/s1. The normalized spacial score (nSPS) is 15.7. The van der Waals surface area contributed by atoms with Gasteiger partial charge in [0.15, 0.2) is 11.5 Å². The molecule has 0 spiro atoms. The lowest BCUT2D eigenvalue weighted by atomic mass is 9.95. The van der Waals surface area contributed by atoms with E-state index in [0.717, 1.165) is 22.5 Å². The van der Waals surface area contributed by atoms with Crippen LogP contribution in [-0.4, -0.2) is 60.8 Å². The molecule has 0 fully saturated rings. The van der Waals surface area contributed by atoms with Gasteiger partial charge in [0, 0.05) is 25.1 Å². The maximum atomic E-state index is 13.5. The van der Waals surface area contributed by atoms with Crippen LogP contribution in [0.5, 0.6) is 11.5 Å². The molecule has 0 saturated carbocycles. The number of aromatic nitrogens is 2. The van der Waals surface area contributed by atoms with Crippen molar-refractivity contribution >= 4 is 12.0 Å². The molecule has 1 aliphatic heterocycles. The van der Waals surface area contributed by atoms with Gasteiger partial charge in [0.05, 0.1) is 33.4 Å². The largest absolute Gasteiger partial charge is 0.493 e. The number of H-pyrrole nitrogens is 1. The first-order chi connectivity index (χ1) is 16.5. The lowest BCUT2D eigenvalue weighted by molar-refractivity contribution is -0.142. The van der Waals surface area contributed by atoms with Crippen LogP contribution in [0.3, 0.4) is 0 Å². The van der Waals surface area contributed by atoms with Crippen LogP contribution in [0, 0.1) is 0 Å². The SMILES string of the molecule is COC(=O)[C@H](Cc1ccccc1)NC(=O)N1CCc2[nH]cnc2[C@H]1c1ccc(OC)c(OC)c1. The minimum atomic E-state index is -0.827. The molecule has 3 aromatic rings. The summed E-state index contributed by atoms with van der Waals surface area (Å²) in [5.41, 5.74) is 3.46. The van der Waals surface area contributed by atoms with Crippen LogP contribution in [0.25, 0.3) is 0 Å². The first-order valence-corrected chi connectivity index (χ1v) is 11.0. The number of hydrogen-bond donors (Lipinski definition) is 2. The average molecular weight is 465 g/mol. The smallest absolute Gasteiger partial charge is 0.328 e. The lowest BCUT2D eigenvalue weighted by Crippen LogP contribution is -2.52. The number of urea groups is 1. The van der Waals surface area contributed by atoms with Gasteiger partial charge in [-0.1, -0.05) is 36.4 Å². The summed E-state index contributed by atoms with van der Waals surface area (Å²) < 4.78 is 15.8. The monoisotopic (exact) mass is 464 g/mol. The van der Waals surface area contributed by atoms with Crippen LogP contribution >= 0.6 is 0 Å². The van der Waals surface area contributed by atoms with Crippen molar-refractivity contribution in [3.8, 4) is 11.5 Å². The number of rotatable bonds is 7. The topological polar surface area (TPSA) is 106 Å². The van der Waals surface area contributed by atoms with Crippen LogP contribution in [0.1, 0.15) is 28.6 Å². The molecular formula is C25H28N4O5. The first kappa shape index (κ1) is 23.2. The Bertz CT molecular complexity index is 1150. The molecule has 1 aromatic heterocycles. The number of imidazole rings is 1. The molecule has 34 heavy (non-hydrogen) atoms. The van der Waals surface area contributed by atoms with Gasteiger partial charge < -0.3 is 29.4 Å². The third-order valence-corrected chi connectivity index (χ3v) is 5.98. The van der Waals surface area contributed by atoms with E-state index in [1.165, 1.54) is 7.11 Å². The van der Waals surface area contributed by atoms with Gasteiger partial charge in [-0.3, -0.25) is 0 Å². The Morgan fingerprint density at radius 1 is 1.12 bits per heavy atom. The van der Waals surface area contributed by atoms with E-state index >= 15 is 0 Å². The molecular weight excluding hydrogens is 436 g/mol. The molecule has 0 unspecified atom stereocenters. The number of amides is 2. The number of carbonyl (C=O) groups is 2. The third-order valence-electron chi connectivity index (χ3n) is 5.98. The highest BCUT2D eigenvalue weighted by Gasteiger charge is 2.36. The molecule has 9 nitrogen and oxygen atoms in total. The molecule has 178 valence electrons. The quantitative estimate of drug-likeness (QED) is 0.521. The van der Waals surface area contributed by atoms with Gasteiger partial charge in [0.25, 0.3) is 0 Å². The predicted molar refractivity (Wildman–Crippen MR) is 125 cm³/mol. The fourth-order valence-electron chi connectivity index (χ4n) is 4.27. The summed E-state index contributed by atoms with van der Waals surface area (Å²) in [6, 6.07) is 13.4. The Labute approximate surface area is 198 Å². The van der Waals surface area contributed by atoms with Gasteiger partial charge in [-0.15, -0.1) is 0 Å². The minimum absolute atomic E-state index is 0.321. The van der Waals surface area contributed by atoms with E-state index in [1.54, 1.807) is 31.5 Å². The molecule has 0 radical (unpaired) electrons. The number of esters is 1. The van der Waals surface area contributed by atoms with Crippen molar-refractivity contribution < 1.29 is 23.8 Å². The molecule has 0 bridgehead atoms. The van der Waals surface area contributed by atoms with Crippen molar-refractivity contribution in [3.05, 3.63) is 77.4 Å². The Morgan fingerprint density at radius 2 is 1.88 bits per heavy atom. The minimum Gasteiger partial charge on any atom is -0.493 e. The summed E-state index contributed by atoms with van der Waals surface area (Å²) in [6.45, 7) is 0.444. The van der Waals surface area contributed by atoms with E-state index in [0.29, 0.717) is 30.9 Å². The molecule has 2 N–H and O–H groups in total. The number of methoxy groups -OCH3 is 3. The van der Waals surface area contributed by atoms with Crippen LogP contribution in [0.15, 0.2) is 54.9 Å². The second kappa shape index (κ2) is 10.3. The van der Waals surface area contributed by atoms with Crippen molar-refractivity contribution in [2.75, 3.05) is 27.9 Å². The number of nitrogens with one attached hydrogen (secondary N) is 2. The number of benzene rings is 2. The van der Waals surface area contributed by atoms with Gasteiger partial charge in [-0.05, 0) is 23.3 Å². The van der Waals surface area contributed by atoms with E-state index in [-0.39, 0.29) is 6.03 Å². The molecule has 0 saturated heterocycles. The van der Waals surface area contributed by atoms with E-state index in [4.69, 9.17) is 14.2 Å². The molecule has 2 amide bonds. The van der Waals surface area contributed by atoms with Gasteiger partial charge in [0.1, 0.15) is 12.1 Å². The summed E-state index contributed by atoms with van der Waals surface area (Å²) in [5, 5.41) is 2.88. The second-order valence-corrected chi connectivity index (χ2v) is 7.94. The zero-order valence-corrected chi connectivity index (χ0v) is 19.4. The fourth-order valence-corrected chi connectivity index (χ4v) is 4.27. The van der Waals surface area contributed by atoms with E-state index in [2.05, 4.69) is 15.3 Å². The predicted octanol–water partition coefficient (Wildman–Crippen LogP) is 2.87. The van der Waals surface area contributed by atoms with Crippen LogP contribution in [0.2, 0.25) is 0 Å². The summed E-state index contributed by atoms with van der Waals surface area (Å²) in [7, 11) is 4.46. The molecule has 1 aliphatic rings. The van der Waals surface area contributed by atoms with Crippen molar-refractivity contribution in [2.24, 2.45) is 0 Å². The zero-order valence-electron chi connectivity index (χ0n) is 19.4.